The first kappa shape index (κ1) is 16.4. The lowest BCUT2D eigenvalue weighted by molar-refractivity contribution is 0.0950. The van der Waals surface area contributed by atoms with Crippen molar-refractivity contribution in [2.75, 3.05) is 38.5 Å². The van der Waals surface area contributed by atoms with Crippen LogP contribution in [-0.4, -0.2) is 49.0 Å². The predicted octanol–water partition coefficient (Wildman–Crippen LogP) is 1.72. The molecule has 1 heterocycles. The summed E-state index contributed by atoms with van der Waals surface area (Å²) in [6, 6.07) is 1.21. The van der Waals surface area contributed by atoms with Gasteiger partial charge in [0.1, 0.15) is 11.6 Å². The molecule has 0 fully saturated rings. The van der Waals surface area contributed by atoms with Gasteiger partial charge in [-0.05, 0) is 26.1 Å². The predicted molar refractivity (Wildman–Crippen MR) is 78.5 cm³/mol. The minimum atomic E-state index is -0.511. The van der Waals surface area contributed by atoms with Gasteiger partial charge in [0.05, 0.1) is 11.8 Å². The van der Waals surface area contributed by atoms with Crippen molar-refractivity contribution in [3.05, 3.63) is 23.6 Å². The third-order valence-corrected chi connectivity index (χ3v) is 2.96. The number of hydrogen-bond acceptors (Lipinski definition) is 4. The van der Waals surface area contributed by atoms with Crippen molar-refractivity contribution in [3.8, 4) is 0 Å². The van der Waals surface area contributed by atoms with Crippen LogP contribution in [0.3, 0.4) is 0 Å². The lowest BCUT2D eigenvalue weighted by atomic mass is 10.2. The number of nitrogens with one attached hydrogen (secondary N) is 2. The molecule has 0 aliphatic heterocycles. The van der Waals surface area contributed by atoms with Crippen LogP contribution in [0.25, 0.3) is 0 Å². The molecule has 1 aromatic heterocycles. The molecule has 5 nitrogen and oxygen atoms in total. The summed E-state index contributed by atoms with van der Waals surface area (Å²) in [6.07, 6.45) is 2.01. The van der Waals surface area contributed by atoms with Gasteiger partial charge in [-0.25, -0.2) is 9.37 Å². The fraction of sp³-hybridized carbons (Fsp3) is 0.571. The molecule has 2 N–H and O–H groups in total. The molecule has 0 aliphatic carbocycles. The van der Waals surface area contributed by atoms with Crippen molar-refractivity contribution < 1.29 is 9.18 Å². The van der Waals surface area contributed by atoms with Gasteiger partial charge in [0, 0.05) is 19.6 Å². The van der Waals surface area contributed by atoms with Crippen LogP contribution < -0.4 is 10.6 Å². The van der Waals surface area contributed by atoms with Gasteiger partial charge in [0.15, 0.2) is 0 Å². The van der Waals surface area contributed by atoms with Gasteiger partial charge in [-0.15, -0.1) is 0 Å². The van der Waals surface area contributed by atoms with Crippen LogP contribution in [-0.2, 0) is 0 Å². The van der Waals surface area contributed by atoms with Gasteiger partial charge >= 0.3 is 0 Å². The zero-order valence-electron chi connectivity index (χ0n) is 12.4. The van der Waals surface area contributed by atoms with Crippen molar-refractivity contribution in [2.45, 2.75) is 20.3 Å². The minimum absolute atomic E-state index is 0.248. The zero-order chi connectivity index (χ0) is 15.0. The van der Waals surface area contributed by atoms with Crippen molar-refractivity contribution in [3.63, 3.8) is 0 Å². The Kier molecular flexibility index (Phi) is 6.93. The second kappa shape index (κ2) is 8.47. The standard InChI is InChI=1S/C14H23FN4O/c1-4-6-16-13-12(9-11(15)10-18-13)14(20)17-7-8-19(3)5-2/h9-10H,4-8H2,1-3H3,(H,16,18)(H,17,20). The smallest absolute Gasteiger partial charge is 0.255 e. The number of carbonyl (C=O) groups is 1. The molecule has 0 spiro atoms. The molecule has 0 aliphatic rings. The molecule has 0 saturated carbocycles. The Hall–Kier alpha value is -1.69. The van der Waals surface area contributed by atoms with Crippen LogP contribution >= 0.6 is 0 Å². The Morgan fingerprint density at radius 2 is 2.15 bits per heavy atom. The van der Waals surface area contributed by atoms with E-state index in [4.69, 9.17) is 0 Å². The highest BCUT2D eigenvalue weighted by molar-refractivity contribution is 5.98. The maximum atomic E-state index is 13.3. The number of aromatic nitrogens is 1. The fourth-order valence-electron chi connectivity index (χ4n) is 1.61. The van der Waals surface area contributed by atoms with E-state index in [2.05, 4.69) is 20.5 Å². The number of pyridine rings is 1. The van der Waals surface area contributed by atoms with E-state index in [0.29, 0.717) is 18.9 Å². The summed E-state index contributed by atoms with van der Waals surface area (Å²) >= 11 is 0. The summed E-state index contributed by atoms with van der Waals surface area (Å²) < 4.78 is 13.3. The molecule has 1 rings (SSSR count). The second-order valence-electron chi connectivity index (χ2n) is 4.63. The van der Waals surface area contributed by atoms with Crippen molar-refractivity contribution in [1.29, 1.82) is 0 Å². The molecule has 112 valence electrons. The molecule has 1 aromatic rings. The molecule has 0 aromatic carbocycles. The van der Waals surface area contributed by atoms with Crippen molar-refractivity contribution in [2.24, 2.45) is 0 Å². The Bertz CT molecular complexity index is 439. The Labute approximate surface area is 119 Å². The maximum Gasteiger partial charge on any atom is 0.255 e. The van der Waals surface area contributed by atoms with E-state index in [9.17, 15) is 9.18 Å². The third-order valence-electron chi connectivity index (χ3n) is 2.96. The van der Waals surface area contributed by atoms with E-state index in [-0.39, 0.29) is 11.5 Å². The number of hydrogen-bond donors (Lipinski definition) is 2. The van der Waals surface area contributed by atoms with E-state index in [0.717, 1.165) is 25.7 Å². The summed E-state index contributed by atoms with van der Waals surface area (Å²) in [5, 5.41) is 5.81. The van der Waals surface area contributed by atoms with Gasteiger partial charge < -0.3 is 15.5 Å². The summed E-state index contributed by atoms with van der Waals surface area (Å²) in [4.78, 5) is 18.1. The minimum Gasteiger partial charge on any atom is -0.369 e. The average molecular weight is 282 g/mol. The van der Waals surface area contributed by atoms with Gasteiger partial charge in [0.25, 0.3) is 5.91 Å². The van der Waals surface area contributed by atoms with E-state index in [1.165, 1.54) is 6.07 Å². The van der Waals surface area contributed by atoms with Crippen molar-refractivity contribution >= 4 is 11.7 Å². The molecule has 0 radical (unpaired) electrons. The normalized spacial score (nSPS) is 10.7. The van der Waals surface area contributed by atoms with Crippen LogP contribution in [0.2, 0.25) is 0 Å². The molecule has 0 saturated heterocycles. The quantitative estimate of drug-likeness (QED) is 0.762. The van der Waals surface area contributed by atoms with Crippen LogP contribution in [0.4, 0.5) is 10.2 Å². The molecule has 6 heteroatoms. The van der Waals surface area contributed by atoms with Crippen LogP contribution in [0.1, 0.15) is 30.6 Å². The topological polar surface area (TPSA) is 57.3 Å². The molecule has 0 atom stereocenters. The molecular formula is C14H23FN4O. The van der Waals surface area contributed by atoms with E-state index in [1.807, 2.05) is 20.9 Å². The van der Waals surface area contributed by atoms with E-state index < -0.39 is 5.82 Å². The number of anilines is 1. The number of carbonyl (C=O) groups excluding carboxylic acids is 1. The lowest BCUT2D eigenvalue weighted by Gasteiger charge is -2.15. The lowest BCUT2D eigenvalue weighted by Crippen LogP contribution is -2.33. The summed E-state index contributed by atoms with van der Waals surface area (Å²) in [5.74, 6) is -0.391. The van der Waals surface area contributed by atoms with E-state index in [1.54, 1.807) is 0 Å². The molecule has 0 bridgehead atoms. The summed E-state index contributed by atoms with van der Waals surface area (Å²) in [7, 11) is 1.98. The molecular weight excluding hydrogens is 259 g/mol. The highest BCUT2D eigenvalue weighted by atomic mass is 19.1. The highest BCUT2D eigenvalue weighted by Crippen LogP contribution is 2.13. The number of rotatable bonds is 8. The summed E-state index contributed by atoms with van der Waals surface area (Å²) in [5.41, 5.74) is 0.248. The number of likely N-dealkylation sites (N-methyl/N-ethyl adjacent to an activating group) is 1. The maximum absolute atomic E-state index is 13.3. The average Bonchev–Trinajstić information content (AvgIpc) is 2.45. The first-order valence-electron chi connectivity index (χ1n) is 6.94. The first-order chi connectivity index (χ1) is 9.58. The number of halogens is 1. The van der Waals surface area contributed by atoms with Gasteiger partial charge in [-0.2, -0.15) is 0 Å². The Morgan fingerprint density at radius 1 is 1.40 bits per heavy atom. The number of nitrogens with zero attached hydrogens (tertiary/aromatic N) is 2. The Morgan fingerprint density at radius 3 is 2.80 bits per heavy atom. The van der Waals surface area contributed by atoms with Crippen LogP contribution in [0.5, 0.6) is 0 Å². The first-order valence-corrected chi connectivity index (χ1v) is 6.94. The SMILES string of the molecule is CCCNc1ncc(F)cc1C(=O)NCCN(C)CC. The molecule has 20 heavy (non-hydrogen) atoms. The zero-order valence-corrected chi connectivity index (χ0v) is 12.4. The molecule has 1 amide bonds. The van der Waals surface area contributed by atoms with E-state index >= 15 is 0 Å². The fourth-order valence-corrected chi connectivity index (χ4v) is 1.61. The van der Waals surface area contributed by atoms with Gasteiger partial charge in [-0.1, -0.05) is 13.8 Å². The van der Waals surface area contributed by atoms with Crippen LogP contribution in [0, 0.1) is 5.82 Å². The molecule has 0 unspecified atom stereocenters. The van der Waals surface area contributed by atoms with Crippen molar-refractivity contribution in [1.82, 2.24) is 15.2 Å². The third kappa shape index (κ3) is 5.13. The van der Waals surface area contributed by atoms with Gasteiger partial charge in [-0.3, -0.25) is 4.79 Å². The monoisotopic (exact) mass is 282 g/mol. The summed E-state index contributed by atoms with van der Waals surface area (Å²) in [6.45, 7) is 6.94. The second-order valence-corrected chi connectivity index (χ2v) is 4.63. The Balaban J connectivity index is 2.67. The van der Waals surface area contributed by atoms with Crippen LogP contribution in [0.15, 0.2) is 12.3 Å². The highest BCUT2D eigenvalue weighted by Gasteiger charge is 2.13. The number of amides is 1. The largest absolute Gasteiger partial charge is 0.369 e. The van der Waals surface area contributed by atoms with Gasteiger partial charge in [0.2, 0.25) is 0 Å².